The second kappa shape index (κ2) is 4.62. The maximum absolute atomic E-state index is 10.4. The van der Waals surface area contributed by atoms with Gasteiger partial charge in [0, 0.05) is 13.0 Å². The Balaban J connectivity index is 2.99. The summed E-state index contributed by atoms with van der Waals surface area (Å²) in [5.41, 5.74) is 0. The summed E-state index contributed by atoms with van der Waals surface area (Å²) in [4.78, 5) is 10.4. The molecule has 1 amide bonds. The van der Waals surface area contributed by atoms with Crippen molar-refractivity contribution in [1.29, 1.82) is 0 Å². The summed E-state index contributed by atoms with van der Waals surface area (Å²) in [5, 5.41) is 2.68. The molecule has 0 atom stereocenters. The molecule has 0 aromatic heterocycles. The molecule has 0 aliphatic heterocycles. The topological polar surface area (TPSA) is 29.1 Å². The van der Waals surface area contributed by atoms with Crippen LogP contribution in [0.25, 0.3) is 0 Å². The van der Waals surface area contributed by atoms with Gasteiger partial charge in [0.25, 0.3) is 0 Å². The molecule has 0 rings (SSSR count). The lowest BCUT2D eigenvalue weighted by Crippen LogP contribution is -2.22. The van der Waals surface area contributed by atoms with E-state index in [1.165, 1.54) is 0 Å². The Morgan fingerprint density at radius 2 is 2.38 bits per heavy atom. The molecule has 2 heteroatoms. The molecule has 1 radical (unpaired) electrons. The van der Waals surface area contributed by atoms with Crippen molar-refractivity contribution in [2.24, 2.45) is 0 Å². The standard InChI is InChI=1S/C6H12NO/c1-3-5-7-6(8)4-2/h2-5H2,1H3,(H,7,8). The molecule has 0 unspecified atom stereocenters. The van der Waals surface area contributed by atoms with Crippen molar-refractivity contribution < 1.29 is 4.79 Å². The summed E-state index contributed by atoms with van der Waals surface area (Å²) in [5.74, 6) is 0.0341. The molecule has 0 bridgehead atoms. The first kappa shape index (κ1) is 7.47. The fourth-order valence-corrected chi connectivity index (χ4v) is 0.353. The van der Waals surface area contributed by atoms with Crippen molar-refractivity contribution in [3.8, 4) is 0 Å². The molecule has 1 N–H and O–H groups in total. The maximum atomic E-state index is 10.4. The number of amides is 1. The summed E-state index contributed by atoms with van der Waals surface area (Å²) in [7, 11) is 0. The van der Waals surface area contributed by atoms with Gasteiger partial charge in [0.15, 0.2) is 0 Å². The van der Waals surface area contributed by atoms with Crippen molar-refractivity contribution >= 4 is 5.91 Å². The number of carbonyl (C=O) groups is 1. The number of hydrogen-bond donors (Lipinski definition) is 1. The van der Waals surface area contributed by atoms with Crippen molar-refractivity contribution in [2.45, 2.75) is 19.8 Å². The normalized spacial score (nSPS) is 8.75. The third kappa shape index (κ3) is 3.65. The smallest absolute Gasteiger partial charge is 0.219 e. The molecule has 8 heavy (non-hydrogen) atoms. The van der Waals surface area contributed by atoms with E-state index < -0.39 is 0 Å². The molecule has 0 aliphatic carbocycles. The largest absolute Gasteiger partial charge is 0.356 e. The zero-order valence-corrected chi connectivity index (χ0v) is 5.24. The fourth-order valence-electron chi connectivity index (χ4n) is 0.353. The van der Waals surface area contributed by atoms with Gasteiger partial charge in [-0.05, 0) is 13.3 Å². The number of rotatable bonds is 3. The summed E-state index contributed by atoms with van der Waals surface area (Å²) in [6.07, 6.45) is 1.34. The third-order valence-electron chi connectivity index (χ3n) is 0.799. The van der Waals surface area contributed by atoms with Gasteiger partial charge in [-0.1, -0.05) is 6.92 Å². The third-order valence-corrected chi connectivity index (χ3v) is 0.799. The molecule has 47 valence electrons. The fraction of sp³-hybridized carbons (Fsp3) is 0.667. The SMILES string of the molecule is [CH2]CC(=O)NCCC. The van der Waals surface area contributed by atoms with Gasteiger partial charge in [-0.2, -0.15) is 0 Å². The Labute approximate surface area is 50.3 Å². The molecule has 0 aliphatic rings. The van der Waals surface area contributed by atoms with E-state index in [1.54, 1.807) is 0 Å². The second-order valence-corrected chi connectivity index (χ2v) is 1.60. The van der Waals surface area contributed by atoms with Crippen molar-refractivity contribution in [2.75, 3.05) is 6.54 Å². The van der Waals surface area contributed by atoms with Crippen LogP contribution in [0.4, 0.5) is 0 Å². The first-order valence-electron chi connectivity index (χ1n) is 2.87. The lowest BCUT2D eigenvalue weighted by molar-refractivity contribution is -0.120. The predicted octanol–water partition coefficient (Wildman–Crippen LogP) is 0.737. The highest BCUT2D eigenvalue weighted by Crippen LogP contribution is 1.74. The number of nitrogens with one attached hydrogen (secondary N) is 1. The summed E-state index contributed by atoms with van der Waals surface area (Å²) >= 11 is 0. The second-order valence-electron chi connectivity index (χ2n) is 1.60. The molecule has 0 fully saturated rings. The van der Waals surface area contributed by atoms with Crippen LogP contribution in [0.3, 0.4) is 0 Å². The van der Waals surface area contributed by atoms with Crippen LogP contribution in [0.5, 0.6) is 0 Å². The summed E-state index contributed by atoms with van der Waals surface area (Å²) in [6.45, 7) is 6.22. The van der Waals surface area contributed by atoms with Crippen LogP contribution in [0.1, 0.15) is 19.8 Å². The molecule has 0 spiro atoms. The van der Waals surface area contributed by atoms with Crippen LogP contribution < -0.4 is 5.32 Å². The number of hydrogen-bond acceptors (Lipinski definition) is 1. The van der Waals surface area contributed by atoms with Crippen LogP contribution >= 0.6 is 0 Å². The van der Waals surface area contributed by atoms with E-state index in [2.05, 4.69) is 12.2 Å². The Morgan fingerprint density at radius 3 is 2.75 bits per heavy atom. The number of carbonyl (C=O) groups excluding carboxylic acids is 1. The van der Waals surface area contributed by atoms with E-state index in [-0.39, 0.29) is 5.91 Å². The minimum Gasteiger partial charge on any atom is -0.356 e. The van der Waals surface area contributed by atoms with E-state index in [0.717, 1.165) is 13.0 Å². The van der Waals surface area contributed by atoms with Gasteiger partial charge in [0.05, 0.1) is 0 Å². The van der Waals surface area contributed by atoms with Gasteiger partial charge in [0.2, 0.25) is 5.91 Å². The van der Waals surface area contributed by atoms with E-state index in [0.29, 0.717) is 6.42 Å². The lowest BCUT2D eigenvalue weighted by Gasteiger charge is -1.97. The highest BCUT2D eigenvalue weighted by Gasteiger charge is 1.90. The average molecular weight is 114 g/mol. The van der Waals surface area contributed by atoms with Crippen molar-refractivity contribution in [3.05, 3.63) is 6.92 Å². The van der Waals surface area contributed by atoms with E-state index in [4.69, 9.17) is 0 Å². The van der Waals surface area contributed by atoms with Gasteiger partial charge in [-0.15, -0.1) is 0 Å². The van der Waals surface area contributed by atoms with E-state index in [1.807, 2.05) is 6.92 Å². The Morgan fingerprint density at radius 1 is 1.75 bits per heavy atom. The van der Waals surface area contributed by atoms with Gasteiger partial charge >= 0.3 is 0 Å². The minimum atomic E-state index is 0.0341. The molecule has 0 aromatic rings. The van der Waals surface area contributed by atoms with Crippen LogP contribution in [-0.4, -0.2) is 12.5 Å². The molecule has 0 heterocycles. The van der Waals surface area contributed by atoms with E-state index in [9.17, 15) is 4.79 Å². The molecular formula is C6H12NO. The average Bonchev–Trinajstić information content (AvgIpc) is 1.83. The lowest BCUT2D eigenvalue weighted by atomic mass is 10.4. The summed E-state index contributed by atoms with van der Waals surface area (Å²) in [6, 6.07) is 0. The van der Waals surface area contributed by atoms with E-state index >= 15 is 0 Å². The molecular weight excluding hydrogens is 102 g/mol. The molecule has 0 saturated carbocycles. The van der Waals surface area contributed by atoms with Gasteiger partial charge in [-0.3, -0.25) is 4.79 Å². The first-order valence-corrected chi connectivity index (χ1v) is 2.87. The van der Waals surface area contributed by atoms with Crippen molar-refractivity contribution in [1.82, 2.24) is 5.32 Å². The monoisotopic (exact) mass is 114 g/mol. The highest BCUT2D eigenvalue weighted by molar-refractivity contribution is 5.76. The minimum absolute atomic E-state index is 0.0341. The van der Waals surface area contributed by atoms with Crippen LogP contribution in [0, 0.1) is 6.92 Å². The zero-order valence-electron chi connectivity index (χ0n) is 5.24. The predicted molar refractivity (Wildman–Crippen MR) is 33.3 cm³/mol. The van der Waals surface area contributed by atoms with Crippen LogP contribution in [0.2, 0.25) is 0 Å². The highest BCUT2D eigenvalue weighted by atomic mass is 16.1. The Kier molecular flexibility index (Phi) is 4.32. The van der Waals surface area contributed by atoms with Crippen molar-refractivity contribution in [3.63, 3.8) is 0 Å². The molecule has 0 aromatic carbocycles. The first-order chi connectivity index (χ1) is 3.81. The maximum Gasteiger partial charge on any atom is 0.219 e. The van der Waals surface area contributed by atoms with Gasteiger partial charge in [-0.25, -0.2) is 0 Å². The summed E-state index contributed by atoms with van der Waals surface area (Å²) < 4.78 is 0. The molecule has 0 saturated heterocycles. The van der Waals surface area contributed by atoms with Gasteiger partial charge in [0.1, 0.15) is 0 Å². The van der Waals surface area contributed by atoms with Crippen LogP contribution in [0.15, 0.2) is 0 Å². The van der Waals surface area contributed by atoms with Crippen LogP contribution in [-0.2, 0) is 4.79 Å². The quantitative estimate of drug-likeness (QED) is 0.576. The Bertz CT molecular complexity index is 70.9. The molecule has 2 nitrogen and oxygen atoms in total. The zero-order chi connectivity index (χ0) is 6.41. The Hall–Kier alpha value is -0.530. The van der Waals surface area contributed by atoms with Gasteiger partial charge < -0.3 is 5.32 Å².